The molecule has 0 amide bonds. The average molecular weight is 280 g/mol. The first-order chi connectivity index (χ1) is 9.19. The molecule has 3 N–H and O–H groups in total. The zero-order valence-electron chi connectivity index (χ0n) is 12.0. The van der Waals surface area contributed by atoms with Gasteiger partial charge in [-0.2, -0.15) is 0 Å². The van der Waals surface area contributed by atoms with Crippen LogP contribution in [0.15, 0.2) is 0 Å². The number of aliphatic hydroxyl groups is 3. The van der Waals surface area contributed by atoms with Crippen molar-refractivity contribution in [2.45, 2.75) is 19.4 Å². The van der Waals surface area contributed by atoms with Crippen LogP contribution in [0.2, 0.25) is 0 Å². The maximum absolute atomic E-state index is 9.41. The lowest BCUT2D eigenvalue weighted by molar-refractivity contribution is -0.0784. The largest absolute Gasteiger partial charge is 0.396 e. The van der Waals surface area contributed by atoms with Crippen LogP contribution in [-0.4, -0.2) is 74.8 Å². The monoisotopic (exact) mass is 280 g/mol. The lowest BCUT2D eigenvalue weighted by atomic mass is 10.00. The molecule has 0 saturated heterocycles. The van der Waals surface area contributed by atoms with Crippen molar-refractivity contribution < 1.29 is 29.5 Å². The molecule has 0 heterocycles. The molecule has 3 unspecified atom stereocenters. The van der Waals surface area contributed by atoms with Crippen molar-refractivity contribution in [1.82, 2.24) is 0 Å². The Morgan fingerprint density at radius 3 is 2.26 bits per heavy atom. The highest BCUT2D eigenvalue weighted by Crippen LogP contribution is 2.14. The summed E-state index contributed by atoms with van der Waals surface area (Å²) in [6.45, 7) is 3.41. The van der Waals surface area contributed by atoms with Gasteiger partial charge in [0.05, 0.1) is 32.5 Å². The van der Waals surface area contributed by atoms with Crippen LogP contribution in [0.1, 0.15) is 13.3 Å². The quantitative estimate of drug-likeness (QED) is 0.400. The highest BCUT2D eigenvalue weighted by atomic mass is 16.5. The van der Waals surface area contributed by atoms with E-state index in [4.69, 9.17) is 24.4 Å². The van der Waals surface area contributed by atoms with Gasteiger partial charge in [-0.05, 0) is 6.42 Å². The minimum absolute atomic E-state index is 0.00990. The predicted octanol–water partition coefficient (Wildman–Crippen LogP) is -0.346. The van der Waals surface area contributed by atoms with Gasteiger partial charge in [0.2, 0.25) is 0 Å². The minimum Gasteiger partial charge on any atom is -0.396 e. The van der Waals surface area contributed by atoms with Crippen molar-refractivity contribution in [3.8, 4) is 0 Å². The first-order valence-corrected chi connectivity index (χ1v) is 6.70. The first-order valence-electron chi connectivity index (χ1n) is 6.70. The third kappa shape index (κ3) is 9.32. The average Bonchev–Trinajstić information content (AvgIpc) is 2.44. The van der Waals surface area contributed by atoms with E-state index in [-0.39, 0.29) is 44.4 Å². The van der Waals surface area contributed by atoms with Gasteiger partial charge in [0.1, 0.15) is 0 Å². The third-order valence-corrected chi connectivity index (χ3v) is 2.88. The number of rotatable bonds is 13. The lowest BCUT2D eigenvalue weighted by Gasteiger charge is -2.26. The third-order valence-electron chi connectivity index (χ3n) is 2.88. The predicted molar refractivity (Wildman–Crippen MR) is 71.0 cm³/mol. The van der Waals surface area contributed by atoms with E-state index in [0.29, 0.717) is 26.2 Å². The molecule has 0 aliphatic rings. The molecule has 0 bridgehead atoms. The summed E-state index contributed by atoms with van der Waals surface area (Å²) in [5, 5.41) is 27.1. The van der Waals surface area contributed by atoms with Crippen molar-refractivity contribution in [2.75, 3.05) is 53.4 Å². The van der Waals surface area contributed by atoms with Gasteiger partial charge < -0.3 is 29.5 Å². The highest BCUT2D eigenvalue weighted by Gasteiger charge is 2.22. The summed E-state index contributed by atoms with van der Waals surface area (Å²) < 4.78 is 16.0. The molecular weight excluding hydrogens is 252 g/mol. The van der Waals surface area contributed by atoms with Gasteiger partial charge in [-0.25, -0.2) is 0 Å². The van der Waals surface area contributed by atoms with E-state index in [2.05, 4.69) is 0 Å². The molecule has 6 heteroatoms. The smallest absolute Gasteiger partial charge is 0.0859 e. The zero-order chi connectivity index (χ0) is 14.5. The van der Waals surface area contributed by atoms with Crippen LogP contribution >= 0.6 is 0 Å². The number of hydrogen-bond acceptors (Lipinski definition) is 6. The first kappa shape index (κ1) is 18.8. The van der Waals surface area contributed by atoms with E-state index < -0.39 is 0 Å². The number of hydrogen-bond donors (Lipinski definition) is 3. The summed E-state index contributed by atoms with van der Waals surface area (Å²) in [6, 6.07) is 0. The van der Waals surface area contributed by atoms with Gasteiger partial charge in [-0.3, -0.25) is 0 Å². The topological polar surface area (TPSA) is 88.4 Å². The summed E-state index contributed by atoms with van der Waals surface area (Å²) in [6.07, 6.45) is 0.411. The van der Waals surface area contributed by atoms with E-state index in [0.717, 1.165) is 0 Å². The second kappa shape index (κ2) is 12.8. The van der Waals surface area contributed by atoms with E-state index in [1.165, 1.54) is 0 Å². The Labute approximate surface area is 115 Å². The van der Waals surface area contributed by atoms with Crippen LogP contribution in [0.25, 0.3) is 0 Å². The van der Waals surface area contributed by atoms with Crippen LogP contribution < -0.4 is 0 Å². The summed E-state index contributed by atoms with van der Waals surface area (Å²) in [5.74, 6) is -0.0355. The van der Waals surface area contributed by atoms with Gasteiger partial charge in [0, 0.05) is 38.8 Å². The Hall–Kier alpha value is -0.240. The number of ether oxygens (including phenoxy) is 3. The molecule has 0 spiro atoms. The Kier molecular flexibility index (Phi) is 12.6. The van der Waals surface area contributed by atoms with Gasteiger partial charge in [-0.1, -0.05) is 6.92 Å². The second-order valence-corrected chi connectivity index (χ2v) is 4.68. The molecule has 19 heavy (non-hydrogen) atoms. The molecule has 3 atom stereocenters. The van der Waals surface area contributed by atoms with E-state index in [1.807, 2.05) is 6.92 Å². The van der Waals surface area contributed by atoms with Crippen molar-refractivity contribution >= 4 is 0 Å². The van der Waals surface area contributed by atoms with Gasteiger partial charge in [-0.15, -0.1) is 0 Å². The summed E-state index contributed by atoms with van der Waals surface area (Å²) in [4.78, 5) is 0. The molecule has 0 fully saturated rings. The molecule has 0 aromatic heterocycles. The molecule has 116 valence electrons. The molecule has 0 aliphatic heterocycles. The normalized spacial score (nSPS) is 16.3. The van der Waals surface area contributed by atoms with Crippen molar-refractivity contribution in [2.24, 2.45) is 11.8 Å². The van der Waals surface area contributed by atoms with Crippen molar-refractivity contribution in [1.29, 1.82) is 0 Å². The molecular formula is C13H28O6. The number of methoxy groups -OCH3 is 1. The maximum atomic E-state index is 9.41. The summed E-state index contributed by atoms with van der Waals surface area (Å²) in [5.41, 5.74) is 0. The number of aliphatic hydroxyl groups excluding tert-OH is 3. The van der Waals surface area contributed by atoms with Crippen molar-refractivity contribution in [3.63, 3.8) is 0 Å². The molecule has 0 saturated carbocycles. The van der Waals surface area contributed by atoms with E-state index >= 15 is 0 Å². The fourth-order valence-electron chi connectivity index (χ4n) is 1.59. The molecule has 0 radical (unpaired) electrons. The second-order valence-electron chi connectivity index (χ2n) is 4.68. The van der Waals surface area contributed by atoms with Crippen LogP contribution in [0.3, 0.4) is 0 Å². The Bertz CT molecular complexity index is 190. The van der Waals surface area contributed by atoms with Crippen LogP contribution in [0.5, 0.6) is 0 Å². The maximum Gasteiger partial charge on any atom is 0.0859 e. The summed E-state index contributed by atoms with van der Waals surface area (Å²) >= 11 is 0. The van der Waals surface area contributed by atoms with E-state index in [9.17, 15) is 5.11 Å². The molecule has 6 nitrogen and oxygen atoms in total. The van der Waals surface area contributed by atoms with Gasteiger partial charge in [0.25, 0.3) is 0 Å². The van der Waals surface area contributed by atoms with Crippen LogP contribution in [0, 0.1) is 11.8 Å². The van der Waals surface area contributed by atoms with Crippen LogP contribution in [0.4, 0.5) is 0 Å². The Morgan fingerprint density at radius 2 is 1.74 bits per heavy atom. The Balaban J connectivity index is 4.25. The van der Waals surface area contributed by atoms with Gasteiger partial charge >= 0.3 is 0 Å². The fourth-order valence-corrected chi connectivity index (χ4v) is 1.59. The lowest BCUT2D eigenvalue weighted by Crippen LogP contribution is -2.34. The SMILES string of the molecule is COCCC(CO)C(COCCO)OCC(C)CO. The fraction of sp³-hybridized carbons (Fsp3) is 1.00. The molecule has 0 rings (SSSR count). The molecule has 0 aromatic carbocycles. The zero-order valence-corrected chi connectivity index (χ0v) is 12.0. The standard InChI is InChI=1S/C13H28O6/c1-11(7-15)9-19-13(10-18-6-4-14)12(8-16)3-5-17-2/h11-16H,3-10H2,1-2H3. The Morgan fingerprint density at radius 1 is 1.00 bits per heavy atom. The molecule has 0 aromatic rings. The highest BCUT2D eigenvalue weighted by molar-refractivity contribution is 4.70. The van der Waals surface area contributed by atoms with Crippen LogP contribution in [-0.2, 0) is 14.2 Å². The van der Waals surface area contributed by atoms with E-state index in [1.54, 1.807) is 7.11 Å². The molecule has 0 aliphatic carbocycles. The van der Waals surface area contributed by atoms with Gasteiger partial charge in [0.15, 0.2) is 0 Å². The van der Waals surface area contributed by atoms with Crippen molar-refractivity contribution in [3.05, 3.63) is 0 Å². The summed E-state index contributed by atoms with van der Waals surface area (Å²) in [7, 11) is 1.61. The minimum atomic E-state index is -0.263.